The maximum absolute atomic E-state index is 11.6. The lowest BCUT2D eigenvalue weighted by Crippen LogP contribution is -2.13. The molecule has 0 aliphatic heterocycles. The van der Waals surface area contributed by atoms with E-state index in [0.717, 1.165) is 18.6 Å². The lowest BCUT2D eigenvalue weighted by Gasteiger charge is -2.10. The van der Waals surface area contributed by atoms with Crippen molar-refractivity contribution in [3.05, 3.63) is 23.3 Å². The molecule has 20 heavy (non-hydrogen) atoms. The van der Waals surface area contributed by atoms with Crippen molar-refractivity contribution in [2.75, 3.05) is 17.2 Å². The fourth-order valence-electron chi connectivity index (χ4n) is 1.37. The normalized spacial score (nSPS) is 11.9. The van der Waals surface area contributed by atoms with Gasteiger partial charge < -0.3 is 10.2 Å². The average molecular weight is 322 g/mol. The Morgan fingerprint density at radius 1 is 1.25 bits per heavy atom. The number of benzene rings is 1. The van der Waals surface area contributed by atoms with Crippen LogP contribution in [0.5, 0.6) is 5.75 Å². The van der Waals surface area contributed by atoms with Gasteiger partial charge in [0.2, 0.25) is 0 Å². The van der Waals surface area contributed by atoms with Gasteiger partial charge in [-0.15, -0.1) is 0 Å². The minimum absolute atomic E-state index is 0.177. The van der Waals surface area contributed by atoms with Crippen molar-refractivity contribution in [3.63, 3.8) is 0 Å². The summed E-state index contributed by atoms with van der Waals surface area (Å²) in [6.45, 7) is 1.42. The molecule has 0 atom stereocenters. The number of nitrogens with one attached hydrogen (secondary N) is 1. The van der Waals surface area contributed by atoms with Crippen molar-refractivity contribution < 1.29 is 27.6 Å². The van der Waals surface area contributed by atoms with E-state index in [2.05, 4.69) is 3.77 Å². The monoisotopic (exact) mass is 322 g/mol. The Kier molecular flexibility index (Phi) is 4.30. The molecule has 0 bridgehead atoms. The maximum atomic E-state index is 11.6. The van der Waals surface area contributed by atoms with Crippen LogP contribution in [0.15, 0.2) is 15.9 Å². The third kappa shape index (κ3) is 4.38. The van der Waals surface area contributed by atoms with Crippen LogP contribution in [0.4, 0.5) is 5.69 Å². The van der Waals surface area contributed by atoms with Gasteiger partial charge in [-0.1, -0.05) is 3.77 Å². The summed E-state index contributed by atoms with van der Waals surface area (Å²) in [5.74, 6) is -1.70. The van der Waals surface area contributed by atoms with E-state index >= 15 is 0 Å². The minimum atomic E-state index is -4.33. The van der Waals surface area contributed by atoms with E-state index in [4.69, 9.17) is 5.11 Å². The van der Waals surface area contributed by atoms with Gasteiger partial charge in [0.25, 0.3) is 0 Å². The Morgan fingerprint density at radius 3 is 2.25 bits per heavy atom. The number of phenolic OH excluding ortho intramolecular Hbond substituents is 1. The summed E-state index contributed by atoms with van der Waals surface area (Å²) in [4.78, 5) is 10.9. The molecule has 0 radical (unpaired) electrons. The Bertz CT molecular complexity index is 767. The largest absolute Gasteiger partial charge is 0.505 e. The number of aromatic carboxylic acids is 1. The SMILES string of the molecule is Cc1cc(C(=O)O)cc(NS(=O)(=O)N=S(C)(C)=O)c1O. The molecular weight excluding hydrogens is 308 g/mol. The first-order chi connectivity index (χ1) is 8.91. The van der Waals surface area contributed by atoms with E-state index in [1.807, 2.05) is 4.72 Å². The fraction of sp³-hybridized carbons (Fsp3) is 0.300. The standard InChI is InChI=1S/C10H14N2O6S2/c1-6-4-7(10(14)15)5-8(9(6)13)11-20(17,18)12-19(2,3)16/h4-5,11,13H,1-3H3,(H,14,15). The highest BCUT2D eigenvalue weighted by molar-refractivity contribution is 8.03. The molecule has 10 heteroatoms. The second-order valence-electron chi connectivity index (χ2n) is 4.33. The number of aromatic hydroxyl groups is 1. The van der Waals surface area contributed by atoms with Crippen LogP contribution < -0.4 is 4.72 Å². The van der Waals surface area contributed by atoms with Crippen LogP contribution in [0.1, 0.15) is 15.9 Å². The van der Waals surface area contributed by atoms with Crippen LogP contribution in [-0.4, -0.2) is 41.3 Å². The van der Waals surface area contributed by atoms with Crippen molar-refractivity contribution in [2.24, 2.45) is 3.77 Å². The lowest BCUT2D eigenvalue weighted by atomic mass is 10.1. The third-order valence-electron chi connectivity index (χ3n) is 2.06. The molecule has 0 aliphatic rings. The number of hydrogen-bond acceptors (Lipinski definition) is 5. The Labute approximate surface area is 116 Å². The van der Waals surface area contributed by atoms with Crippen molar-refractivity contribution in [1.82, 2.24) is 0 Å². The predicted octanol–water partition coefficient (Wildman–Crippen LogP) is 0.783. The number of carbonyl (C=O) groups is 1. The quantitative estimate of drug-likeness (QED) is 0.702. The number of anilines is 1. The van der Waals surface area contributed by atoms with Gasteiger partial charge in [-0.3, -0.25) is 4.72 Å². The summed E-state index contributed by atoms with van der Waals surface area (Å²) < 4.78 is 39.7. The second kappa shape index (κ2) is 5.29. The predicted molar refractivity (Wildman–Crippen MR) is 74.8 cm³/mol. The second-order valence-corrected chi connectivity index (χ2v) is 8.44. The van der Waals surface area contributed by atoms with Crippen LogP contribution in [0.3, 0.4) is 0 Å². The van der Waals surface area contributed by atoms with E-state index in [1.165, 1.54) is 13.0 Å². The molecule has 0 fully saturated rings. The van der Waals surface area contributed by atoms with Gasteiger partial charge in [-0.2, -0.15) is 8.42 Å². The highest BCUT2D eigenvalue weighted by atomic mass is 32.3. The number of carboxylic acid groups (broad SMARTS) is 1. The van der Waals surface area contributed by atoms with Gasteiger partial charge in [0.05, 0.1) is 21.0 Å². The summed E-state index contributed by atoms with van der Waals surface area (Å²) in [6, 6.07) is 2.14. The van der Waals surface area contributed by atoms with Crippen LogP contribution in [0.25, 0.3) is 0 Å². The highest BCUT2D eigenvalue weighted by Gasteiger charge is 2.17. The molecule has 1 aromatic rings. The average Bonchev–Trinajstić information content (AvgIpc) is 2.20. The molecule has 0 heterocycles. The molecule has 0 amide bonds. The minimum Gasteiger partial charge on any atom is -0.505 e. The van der Waals surface area contributed by atoms with E-state index in [-0.39, 0.29) is 16.8 Å². The van der Waals surface area contributed by atoms with Crippen molar-refractivity contribution in [2.45, 2.75) is 6.92 Å². The number of carboxylic acids is 1. The number of phenols is 1. The van der Waals surface area contributed by atoms with E-state index < -0.39 is 31.7 Å². The van der Waals surface area contributed by atoms with Gasteiger partial charge in [-0.05, 0) is 24.6 Å². The first-order valence-corrected chi connectivity index (χ1v) is 8.96. The molecule has 112 valence electrons. The van der Waals surface area contributed by atoms with Crippen LogP contribution in [0.2, 0.25) is 0 Å². The molecule has 1 aromatic carbocycles. The highest BCUT2D eigenvalue weighted by Crippen LogP contribution is 2.30. The smallest absolute Gasteiger partial charge is 0.350 e. The molecule has 0 aliphatic carbocycles. The fourth-order valence-corrected chi connectivity index (χ4v) is 3.85. The molecule has 3 N–H and O–H groups in total. The molecule has 0 spiro atoms. The molecular formula is C10H14N2O6S2. The van der Waals surface area contributed by atoms with Crippen molar-refractivity contribution >= 4 is 31.6 Å². The maximum Gasteiger partial charge on any atom is 0.350 e. The first kappa shape index (κ1) is 16.2. The van der Waals surface area contributed by atoms with Gasteiger partial charge in [0.15, 0.2) is 0 Å². The Morgan fingerprint density at radius 2 is 1.80 bits per heavy atom. The van der Waals surface area contributed by atoms with E-state index in [9.17, 15) is 22.5 Å². The Balaban J connectivity index is 3.36. The van der Waals surface area contributed by atoms with Gasteiger partial charge in [0, 0.05) is 12.5 Å². The van der Waals surface area contributed by atoms with E-state index in [0.29, 0.717) is 0 Å². The lowest BCUT2D eigenvalue weighted by molar-refractivity contribution is 0.0697. The summed E-state index contributed by atoms with van der Waals surface area (Å²) in [5, 5.41) is 18.6. The zero-order valence-corrected chi connectivity index (χ0v) is 12.6. The molecule has 0 unspecified atom stereocenters. The Hall–Kier alpha value is -1.81. The third-order valence-corrected chi connectivity index (χ3v) is 4.76. The van der Waals surface area contributed by atoms with Gasteiger partial charge >= 0.3 is 16.2 Å². The number of aryl methyl sites for hydroxylation is 1. The van der Waals surface area contributed by atoms with Gasteiger partial charge in [0.1, 0.15) is 5.75 Å². The topological polar surface area (TPSA) is 133 Å². The summed E-state index contributed by atoms with van der Waals surface area (Å²) in [6.07, 6.45) is 2.26. The summed E-state index contributed by atoms with van der Waals surface area (Å²) in [7, 11) is -7.25. The zero-order valence-electron chi connectivity index (χ0n) is 10.9. The van der Waals surface area contributed by atoms with Crippen molar-refractivity contribution in [1.29, 1.82) is 0 Å². The summed E-state index contributed by atoms with van der Waals surface area (Å²) >= 11 is 0. The summed E-state index contributed by atoms with van der Waals surface area (Å²) in [5.41, 5.74) is -0.363. The molecule has 1 rings (SSSR count). The molecule has 0 aromatic heterocycles. The zero-order chi connectivity index (χ0) is 15.7. The number of rotatable bonds is 4. The van der Waals surface area contributed by atoms with Gasteiger partial charge in [-0.25, -0.2) is 9.00 Å². The number of hydrogen-bond donors (Lipinski definition) is 3. The number of nitrogens with zero attached hydrogens (tertiary/aromatic N) is 1. The van der Waals surface area contributed by atoms with Crippen LogP contribution in [0, 0.1) is 6.92 Å². The molecule has 0 saturated carbocycles. The van der Waals surface area contributed by atoms with Crippen LogP contribution in [-0.2, 0) is 19.9 Å². The van der Waals surface area contributed by atoms with E-state index in [1.54, 1.807) is 0 Å². The van der Waals surface area contributed by atoms with Crippen LogP contribution >= 0.6 is 0 Å². The van der Waals surface area contributed by atoms with Crippen molar-refractivity contribution in [3.8, 4) is 5.75 Å². The first-order valence-electron chi connectivity index (χ1n) is 5.19. The molecule has 8 nitrogen and oxygen atoms in total. The molecule has 0 saturated heterocycles.